The second-order valence-corrected chi connectivity index (χ2v) is 5.82. The van der Waals surface area contributed by atoms with Crippen LogP contribution in [0.3, 0.4) is 0 Å². The summed E-state index contributed by atoms with van der Waals surface area (Å²) in [5, 5.41) is 12.0. The van der Waals surface area contributed by atoms with Gasteiger partial charge in [-0.15, -0.1) is 0 Å². The largest absolute Gasteiger partial charge is 0.478 e. The lowest BCUT2D eigenvalue weighted by atomic mass is 9.98. The summed E-state index contributed by atoms with van der Waals surface area (Å²) >= 11 is 0. The second-order valence-electron chi connectivity index (χ2n) is 5.82. The average molecular weight is 337 g/mol. The van der Waals surface area contributed by atoms with Crippen LogP contribution in [0.5, 0.6) is 0 Å². The van der Waals surface area contributed by atoms with Crippen molar-refractivity contribution in [3.63, 3.8) is 0 Å². The Balaban J connectivity index is 1.87. The molecular weight excluding hydrogens is 318 g/mol. The molecule has 1 aromatic heterocycles. The zero-order valence-corrected chi connectivity index (χ0v) is 13.9. The molecule has 0 aliphatic rings. The summed E-state index contributed by atoms with van der Waals surface area (Å²) in [6, 6.07) is 14.6. The second kappa shape index (κ2) is 7.17. The number of nitrogens with one attached hydrogen (secondary N) is 1. The maximum Gasteiger partial charge on any atom is 0.361 e. The van der Waals surface area contributed by atoms with Gasteiger partial charge in [0.1, 0.15) is 5.82 Å². The molecule has 0 atom stereocenters. The van der Waals surface area contributed by atoms with Crippen molar-refractivity contribution in [3.8, 4) is 11.1 Å². The molecule has 6 nitrogen and oxygen atoms in total. The first kappa shape index (κ1) is 16.7. The molecule has 0 amide bonds. The molecule has 3 rings (SSSR count). The van der Waals surface area contributed by atoms with E-state index < -0.39 is 5.97 Å². The van der Waals surface area contributed by atoms with Gasteiger partial charge in [0.2, 0.25) is 0 Å². The van der Waals surface area contributed by atoms with Crippen LogP contribution in [-0.4, -0.2) is 25.8 Å². The molecule has 2 N–H and O–H groups in total. The Morgan fingerprint density at radius 3 is 2.56 bits per heavy atom. The summed E-state index contributed by atoms with van der Waals surface area (Å²) in [7, 11) is 0. The van der Waals surface area contributed by atoms with Gasteiger partial charge in [0.05, 0.1) is 5.56 Å². The van der Waals surface area contributed by atoms with Crippen LogP contribution in [0.1, 0.15) is 35.1 Å². The summed E-state index contributed by atoms with van der Waals surface area (Å²) in [5.41, 5.74) is 2.47. The molecule has 1 heterocycles. The molecule has 0 fully saturated rings. The van der Waals surface area contributed by atoms with Gasteiger partial charge in [-0.3, -0.25) is 4.68 Å². The molecule has 0 saturated carbocycles. The van der Waals surface area contributed by atoms with Gasteiger partial charge in [0.15, 0.2) is 0 Å². The minimum Gasteiger partial charge on any atom is -0.478 e. The normalized spacial score (nSPS) is 10.8. The Hall–Kier alpha value is -3.15. The topological polar surface area (TPSA) is 88.0 Å². The number of carboxylic acid groups (broad SMARTS) is 1. The van der Waals surface area contributed by atoms with Crippen LogP contribution >= 0.6 is 0 Å². The monoisotopic (exact) mass is 337 g/mol. The third-order valence-electron chi connectivity index (χ3n) is 4.00. The van der Waals surface area contributed by atoms with Gasteiger partial charge in [-0.1, -0.05) is 49.4 Å². The van der Waals surface area contributed by atoms with Crippen molar-refractivity contribution >= 4 is 5.97 Å². The number of aromatic amines is 1. The van der Waals surface area contributed by atoms with Gasteiger partial charge in [-0.25, -0.2) is 14.7 Å². The smallest absolute Gasteiger partial charge is 0.361 e. The van der Waals surface area contributed by atoms with Crippen molar-refractivity contribution in [1.29, 1.82) is 0 Å². The number of aromatic nitrogens is 3. The highest BCUT2D eigenvalue weighted by molar-refractivity contribution is 5.95. The van der Waals surface area contributed by atoms with E-state index >= 15 is 0 Å². The first-order chi connectivity index (χ1) is 12.1. The Bertz CT molecular complexity index is 939. The number of rotatable bonds is 6. The van der Waals surface area contributed by atoms with Crippen LogP contribution in [0.25, 0.3) is 11.1 Å². The average Bonchev–Trinajstić information content (AvgIpc) is 2.95. The molecule has 25 heavy (non-hydrogen) atoms. The van der Waals surface area contributed by atoms with E-state index in [-0.39, 0.29) is 11.3 Å². The summed E-state index contributed by atoms with van der Waals surface area (Å²) in [6.45, 7) is 2.76. The van der Waals surface area contributed by atoms with E-state index in [1.807, 2.05) is 37.3 Å². The molecule has 0 saturated heterocycles. The maximum atomic E-state index is 11.5. The summed E-state index contributed by atoms with van der Waals surface area (Å²) in [5.74, 6) is -0.245. The molecule has 128 valence electrons. The van der Waals surface area contributed by atoms with E-state index in [2.05, 4.69) is 10.1 Å². The number of hydrogen-bond donors (Lipinski definition) is 2. The SMILES string of the molecule is CCCn1[nH]c(=O)nc1Cc1ccc(-c2ccccc2C(=O)O)cc1. The number of nitrogens with zero attached hydrogens (tertiary/aromatic N) is 2. The molecule has 2 aromatic carbocycles. The van der Waals surface area contributed by atoms with Crippen molar-refractivity contribution in [2.45, 2.75) is 26.3 Å². The minimum atomic E-state index is -0.945. The number of aromatic carboxylic acids is 1. The van der Waals surface area contributed by atoms with Crippen molar-refractivity contribution in [3.05, 3.63) is 76.0 Å². The van der Waals surface area contributed by atoms with Crippen LogP contribution in [0.15, 0.2) is 53.3 Å². The van der Waals surface area contributed by atoms with E-state index in [1.165, 1.54) is 0 Å². The maximum absolute atomic E-state index is 11.5. The molecule has 0 unspecified atom stereocenters. The predicted octanol–water partition coefficient (Wildman–Crippen LogP) is 2.94. The zero-order chi connectivity index (χ0) is 17.8. The highest BCUT2D eigenvalue weighted by Crippen LogP contribution is 2.24. The number of carboxylic acids is 1. The van der Waals surface area contributed by atoms with Crippen molar-refractivity contribution in [2.75, 3.05) is 0 Å². The summed E-state index contributed by atoms with van der Waals surface area (Å²) < 4.78 is 1.77. The Morgan fingerprint density at radius 1 is 1.16 bits per heavy atom. The number of benzene rings is 2. The third-order valence-corrected chi connectivity index (χ3v) is 4.00. The quantitative estimate of drug-likeness (QED) is 0.724. The molecule has 3 aromatic rings. The Labute approximate surface area is 144 Å². The van der Waals surface area contributed by atoms with Crippen molar-refractivity contribution in [2.24, 2.45) is 0 Å². The van der Waals surface area contributed by atoms with Crippen LogP contribution in [0.4, 0.5) is 0 Å². The first-order valence-corrected chi connectivity index (χ1v) is 8.16. The zero-order valence-electron chi connectivity index (χ0n) is 13.9. The fourth-order valence-corrected chi connectivity index (χ4v) is 2.83. The lowest BCUT2D eigenvalue weighted by molar-refractivity contribution is 0.0697. The van der Waals surface area contributed by atoms with Crippen LogP contribution in [0.2, 0.25) is 0 Å². The highest BCUT2D eigenvalue weighted by atomic mass is 16.4. The predicted molar refractivity (Wildman–Crippen MR) is 94.8 cm³/mol. The molecule has 0 aliphatic heterocycles. The summed E-state index contributed by atoms with van der Waals surface area (Å²) in [6.07, 6.45) is 1.45. The standard InChI is InChI=1S/C19H19N3O3/c1-2-11-22-17(20-19(25)21-22)12-13-7-9-14(10-8-13)15-5-3-4-6-16(15)18(23)24/h3-10H,2,11-12H2,1H3,(H,21,25)(H,23,24). The third kappa shape index (κ3) is 3.68. The molecule has 0 aliphatic carbocycles. The highest BCUT2D eigenvalue weighted by Gasteiger charge is 2.11. The van der Waals surface area contributed by atoms with Crippen LogP contribution < -0.4 is 5.69 Å². The van der Waals surface area contributed by atoms with Crippen LogP contribution in [-0.2, 0) is 13.0 Å². The van der Waals surface area contributed by atoms with Gasteiger partial charge in [-0.05, 0) is 29.2 Å². The molecule has 6 heteroatoms. The lowest BCUT2D eigenvalue weighted by Gasteiger charge is -2.08. The Morgan fingerprint density at radius 2 is 1.88 bits per heavy atom. The van der Waals surface area contributed by atoms with Gasteiger partial charge in [-0.2, -0.15) is 4.98 Å². The van der Waals surface area contributed by atoms with Crippen LogP contribution in [0, 0.1) is 0 Å². The molecular formula is C19H19N3O3. The minimum absolute atomic E-state index is 0.277. The molecule has 0 radical (unpaired) electrons. The lowest BCUT2D eigenvalue weighted by Crippen LogP contribution is -2.07. The number of aryl methyl sites for hydroxylation is 1. The van der Waals surface area contributed by atoms with E-state index in [4.69, 9.17) is 0 Å². The number of carbonyl (C=O) groups is 1. The van der Waals surface area contributed by atoms with E-state index in [1.54, 1.807) is 22.9 Å². The van der Waals surface area contributed by atoms with Gasteiger partial charge in [0.25, 0.3) is 0 Å². The van der Waals surface area contributed by atoms with E-state index in [0.29, 0.717) is 24.4 Å². The molecule has 0 bridgehead atoms. The fourth-order valence-electron chi connectivity index (χ4n) is 2.83. The van der Waals surface area contributed by atoms with Gasteiger partial charge < -0.3 is 5.11 Å². The number of hydrogen-bond acceptors (Lipinski definition) is 3. The number of H-pyrrole nitrogens is 1. The van der Waals surface area contributed by atoms with Gasteiger partial charge in [0, 0.05) is 13.0 Å². The summed E-state index contributed by atoms with van der Waals surface area (Å²) in [4.78, 5) is 26.9. The molecule has 0 spiro atoms. The van der Waals surface area contributed by atoms with Crippen molar-refractivity contribution < 1.29 is 9.90 Å². The van der Waals surface area contributed by atoms with Crippen molar-refractivity contribution in [1.82, 2.24) is 14.8 Å². The van der Waals surface area contributed by atoms with E-state index in [9.17, 15) is 14.7 Å². The van der Waals surface area contributed by atoms with E-state index in [0.717, 1.165) is 17.5 Å². The van der Waals surface area contributed by atoms with Gasteiger partial charge >= 0.3 is 11.7 Å². The Kier molecular flexibility index (Phi) is 4.79. The first-order valence-electron chi connectivity index (χ1n) is 8.16. The fraction of sp³-hybridized carbons (Fsp3) is 0.211.